The molecule has 0 radical (unpaired) electrons. The fourth-order valence-corrected chi connectivity index (χ4v) is 3.28. The molecule has 2 amide bonds. The maximum absolute atomic E-state index is 12.9. The van der Waals surface area contributed by atoms with Crippen molar-refractivity contribution in [2.24, 2.45) is 5.41 Å². The van der Waals surface area contributed by atoms with Gasteiger partial charge in [0, 0.05) is 17.8 Å². The number of hydrogen-bond donors (Lipinski definition) is 1. The number of rotatable bonds is 3. The van der Waals surface area contributed by atoms with Gasteiger partial charge in [-0.25, -0.2) is 0 Å². The van der Waals surface area contributed by atoms with Crippen molar-refractivity contribution >= 4 is 23.2 Å². The van der Waals surface area contributed by atoms with Gasteiger partial charge in [0.25, 0.3) is 5.91 Å². The van der Waals surface area contributed by atoms with Gasteiger partial charge in [0.2, 0.25) is 12.7 Å². The number of fused-ring (bicyclic) bond motifs is 2. The highest BCUT2D eigenvalue weighted by Crippen LogP contribution is 2.38. The molecule has 0 saturated carbocycles. The maximum Gasteiger partial charge on any atom is 0.255 e. The molecule has 1 N–H and O–H groups in total. The van der Waals surface area contributed by atoms with E-state index in [1.165, 1.54) is 0 Å². The molecule has 0 atom stereocenters. The van der Waals surface area contributed by atoms with Gasteiger partial charge in [-0.05, 0) is 57.2 Å². The molecule has 2 heterocycles. The molecule has 0 aromatic heterocycles. The number of amides is 2. The summed E-state index contributed by atoms with van der Waals surface area (Å²) in [6, 6.07) is 10.3. The Labute approximate surface area is 163 Å². The Bertz CT molecular complexity index is 954. The standard InChI is InChI=1S/C21H22N2O5/c1-4-23-15-10-14(6-8-16(15)26-11-21(2,3)20(23)25)22-19(24)13-5-7-17-18(9-13)28-12-27-17/h5-10H,4,11-12H2,1-3H3,(H,22,24). The van der Waals surface area contributed by atoms with E-state index in [-0.39, 0.29) is 18.6 Å². The predicted molar refractivity (Wildman–Crippen MR) is 104 cm³/mol. The summed E-state index contributed by atoms with van der Waals surface area (Å²) in [7, 11) is 0. The van der Waals surface area contributed by atoms with E-state index in [0.717, 1.165) is 0 Å². The quantitative estimate of drug-likeness (QED) is 0.880. The van der Waals surface area contributed by atoms with E-state index in [0.29, 0.717) is 47.3 Å². The number of hydrogen-bond acceptors (Lipinski definition) is 5. The molecule has 0 spiro atoms. The fraction of sp³-hybridized carbons (Fsp3) is 0.333. The van der Waals surface area contributed by atoms with Crippen LogP contribution in [0.4, 0.5) is 11.4 Å². The Hall–Kier alpha value is -3.22. The van der Waals surface area contributed by atoms with Crippen LogP contribution in [-0.4, -0.2) is 31.8 Å². The van der Waals surface area contributed by atoms with Crippen LogP contribution in [0, 0.1) is 5.41 Å². The number of nitrogens with one attached hydrogen (secondary N) is 1. The Morgan fingerprint density at radius 2 is 1.82 bits per heavy atom. The third-order valence-corrected chi connectivity index (χ3v) is 4.87. The lowest BCUT2D eigenvalue weighted by atomic mass is 9.93. The summed E-state index contributed by atoms with van der Waals surface area (Å²) in [5.41, 5.74) is 1.07. The van der Waals surface area contributed by atoms with E-state index in [4.69, 9.17) is 14.2 Å². The summed E-state index contributed by atoms with van der Waals surface area (Å²) in [5, 5.41) is 2.87. The van der Waals surface area contributed by atoms with Crippen molar-refractivity contribution in [1.82, 2.24) is 0 Å². The summed E-state index contributed by atoms with van der Waals surface area (Å²) < 4.78 is 16.5. The Morgan fingerprint density at radius 3 is 2.61 bits per heavy atom. The van der Waals surface area contributed by atoms with E-state index in [1.807, 2.05) is 20.8 Å². The zero-order valence-corrected chi connectivity index (χ0v) is 16.1. The van der Waals surface area contributed by atoms with Gasteiger partial charge in [-0.1, -0.05) is 0 Å². The number of carbonyl (C=O) groups excluding carboxylic acids is 2. The molecular weight excluding hydrogens is 360 g/mol. The lowest BCUT2D eigenvalue weighted by molar-refractivity contribution is -0.127. The highest BCUT2D eigenvalue weighted by Gasteiger charge is 2.37. The molecule has 0 bridgehead atoms. The largest absolute Gasteiger partial charge is 0.490 e. The number of ether oxygens (including phenoxy) is 3. The van der Waals surface area contributed by atoms with E-state index in [1.54, 1.807) is 41.3 Å². The minimum absolute atomic E-state index is 0.00648. The topological polar surface area (TPSA) is 77.1 Å². The summed E-state index contributed by atoms with van der Waals surface area (Å²) in [6.45, 7) is 6.62. The minimum Gasteiger partial charge on any atom is -0.490 e. The van der Waals surface area contributed by atoms with Crippen LogP contribution in [0.2, 0.25) is 0 Å². The minimum atomic E-state index is -0.620. The van der Waals surface area contributed by atoms with E-state index < -0.39 is 5.41 Å². The molecule has 2 aromatic rings. The smallest absolute Gasteiger partial charge is 0.255 e. The lowest BCUT2D eigenvalue weighted by Crippen LogP contribution is -2.42. The lowest BCUT2D eigenvalue weighted by Gasteiger charge is -2.27. The van der Waals surface area contributed by atoms with Crippen LogP contribution >= 0.6 is 0 Å². The molecule has 2 aromatic carbocycles. The third kappa shape index (κ3) is 3.13. The predicted octanol–water partition coefficient (Wildman–Crippen LogP) is 3.44. The first-order chi connectivity index (χ1) is 13.4. The van der Waals surface area contributed by atoms with Crippen molar-refractivity contribution < 1.29 is 23.8 Å². The zero-order chi connectivity index (χ0) is 19.9. The third-order valence-electron chi connectivity index (χ3n) is 4.87. The molecule has 0 saturated heterocycles. The second-order valence-corrected chi connectivity index (χ2v) is 7.43. The Kier molecular flexibility index (Phi) is 4.37. The van der Waals surface area contributed by atoms with Gasteiger partial charge < -0.3 is 24.4 Å². The monoisotopic (exact) mass is 382 g/mol. The first-order valence-electron chi connectivity index (χ1n) is 9.19. The maximum atomic E-state index is 12.9. The first kappa shape index (κ1) is 18.2. The van der Waals surface area contributed by atoms with Crippen molar-refractivity contribution in [2.45, 2.75) is 20.8 Å². The summed E-state index contributed by atoms with van der Waals surface area (Å²) in [5.74, 6) is 1.52. The number of benzene rings is 2. The summed E-state index contributed by atoms with van der Waals surface area (Å²) in [6.07, 6.45) is 0. The van der Waals surface area contributed by atoms with Crippen LogP contribution in [0.5, 0.6) is 17.2 Å². The summed E-state index contributed by atoms with van der Waals surface area (Å²) >= 11 is 0. The normalized spacial score (nSPS) is 16.8. The fourth-order valence-electron chi connectivity index (χ4n) is 3.28. The van der Waals surface area contributed by atoms with Crippen LogP contribution < -0.4 is 24.4 Å². The van der Waals surface area contributed by atoms with E-state index in [2.05, 4.69) is 5.32 Å². The van der Waals surface area contributed by atoms with Crippen molar-refractivity contribution in [3.05, 3.63) is 42.0 Å². The van der Waals surface area contributed by atoms with E-state index in [9.17, 15) is 9.59 Å². The van der Waals surface area contributed by atoms with Crippen LogP contribution in [0.1, 0.15) is 31.1 Å². The molecule has 2 aliphatic rings. The Balaban J connectivity index is 1.60. The Morgan fingerprint density at radius 1 is 1.07 bits per heavy atom. The average molecular weight is 382 g/mol. The van der Waals surface area contributed by atoms with Gasteiger partial charge in [-0.2, -0.15) is 0 Å². The molecule has 146 valence electrons. The second-order valence-electron chi connectivity index (χ2n) is 7.43. The molecule has 7 nitrogen and oxygen atoms in total. The molecule has 0 unspecified atom stereocenters. The number of anilines is 2. The van der Waals surface area contributed by atoms with Crippen LogP contribution in [0.25, 0.3) is 0 Å². The van der Waals surface area contributed by atoms with Crippen LogP contribution in [0.15, 0.2) is 36.4 Å². The van der Waals surface area contributed by atoms with Crippen LogP contribution in [-0.2, 0) is 4.79 Å². The molecular formula is C21H22N2O5. The van der Waals surface area contributed by atoms with Gasteiger partial charge in [0.15, 0.2) is 11.5 Å². The highest BCUT2D eigenvalue weighted by atomic mass is 16.7. The van der Waals surface area contributed by atoms with Crippen molar-refractivity contribution in [2.75, 3.05) is 30.2 Å². The molecule has 0 aliphatic carbocycles. The van der Waals surface area contributed by atoms with Crippen molar-refractivity contribution in [3.8, 4) is 17.2 Å². The van der Waals surface area contributed by atoms with Gasteiger partial charge in [0.05, 0.1) is 11.1 Å². The van der Waals surface area contributed by atoms with Crippen molar-refractivity contribution in [1.29, 1.82) is 0 Å². The number of nitrogens with zero attached hydrogens (tertiary/aromatic N) is 1. The molecule has 7 heteroatoms. The number of carbonyl (C=O) groups is 2. The zero-order valence-electron chi connectivity index (χ0n) is 16.1. The van der Waals surface area contributed by atoms with Crippen molar-refractivity contribution in [3.63, 3.8) is 0 Å². The summed E-state index contributed by atoms with van der Waals surface area (Å²) in [4.78, 5) is 27.2. The van der Waals surface area contributed by atoms with Crippen LogP contribution in [0.3, 0.4) is 0 Å². The molecule has 28 heavy (non-hydrogen) atoms. The molecule has 2 aliphatic heterocycles. The average Bonchev–Trinajstić information content (AvgIpc) is 3.12. The first-order valence-corrected chi connectivity index (χ1v) is 9.19. The highest BCUT2D eigenvalue weighted by molar-refractivity contribution is 6.06. The molecule has 0 fully saturated rings. The van der Waals surface area contributed by atoms with Gasteiger partial charge in [-0.3, -0.25) is 9.59 Å². The van der Waals surface area contributed by atoms with E-state index >= 15 is 0 Å². The second kappa shape index (κ2) is 6.74. The SMILES string of the molecule is CCN1C(=O)C(C)(C)COc2ccc(NC(=O)c3ccc4c(c3)OCO4)cc21. The molecule has 4 rings (SSSR count). The van der Waals surface area contributed by atoms with Gasteiger partial charge >= 0.3 is 0 Å². The van der Waals surface area contributed by atoms with Gasteiger partial charge in [0.1, 0.15) is 12.4 Å². The van der Waals surface area contributed by atoms with Gasteiger partial charge in [-0.15, -0.1) is 0 Å².